The Morgan fingerprint density at radius 2 is 1.77 bits per heavy atom. The maximum atomic E-state index is 14.5. The molecular formula is C21H11Cl2FN4O2. The Morgan fingerprint density at radius 1 is 1.00 bits per heavy atom. The van der Waals surface area contributed by atoms with Crippen LogP contribution in [0.3, 0.4) is 0 Å². The SMILES string of the molecule is Cc1nn(-c2ccc(Cl)cc2F)c2ncc3c(c12)C(=O)N(c1ccccc1Cl)C3=O. The van der Waals surface area contributed by atoms with Crippen LogP contribution in [0.4, 0.5) is 10.1 Å². The molecule has 0 saturated heterocycles. The molecule has 0 unspecified atom stereocenters. The number of hydrogen-bond acceptors (Lipinski definition) is 4. The highest BCUT2D eigenvalue weighted by atomic mass is 35.5. The van der Waals surface area contributed by atoms with E-state index in [0.29, 0.717) is 11.1 Å². The minimum Gasteiger partial charge on any atom is -0.268 e. The summed E-state index contributed by atoms with van der Waals surface area (Å²) in [6, 6.07) is 10.8. The number of aromatic nitrogens is 3. The molecule has 0 radical (unpaired) electrons. The number of carbonyl (C=O) groups is 2. The van der Waals surface area contributed by atoms with Crippen molar-refractivity contribution >= 4 is 51.7 Å². The summed E-state index contributed by atoms with van der Waals surface area (Å²) in [6.45, 7) is 1.67. The number of hydrogen-bond donors (Lipinski definition) is 0. The number of anilines is 1. The number of aryl methyl sites for hydroxylation is 1. The first-order valence-electron chi connectivity index (χ1n) is 8.85. The van der Waals surface area contributed by atoms with Crippen LogP contribution < -0.4 is 4.90 Å². The third-order valence-corrected chi connectivity index (χ3v) is 5.51. The van der Waals surface area contributed by atoms with Crippen molar-refractivity contribution in [3.63, 3.8) is 0 Å². The van der Waals surface area contributed by atoms with Gasteiger partial charge in [0, 0.05) is 11.2 Å². The van der Waals surface area contributed by atoms with Gasteiger partial charge in [-0.25, -0.2) is 19.0 Å². The molecule has 0 bridgehead atoms. The minimum atomic E-state index is -0.589. The van der Waals surface area contributed by atoms with Crippen LogP contribution in [0.25, 0.3) is 16.7 Å². The van der Waals surface area contributed by atoms with E-state index in [4.69, 9.17) is 23.2 Å². The van der Waals surface area contributed by atoms with E-state index in [1.165, 1.54) is 29.1 Å². The van der Waals surface area contributed by atoms with Gasteiger partial charge in [-0.15, -0.1) is 0 Å². The van der Waals surface area contributed by atoms with Gasteiger partial charge in [-0.3, -0.25) is 9.59 Å². The van der Waals surface area contributed by atoms with Crippen LogP contribution >= 0.6 is 23.2 Å². The molecule has 30 heavy (non-hydrogen) atoms. The zero-order valence-electron chi connectivity index (χ0n) is 15.4. The van der Waals surface area contributed by atoms with Crippen molar-refractivity contribution in [1.29, 1.82) is 0 Å². The molecule has 6 nitrogen and oxygen atoms in total. The zero-order valence-corrected chi connectivity index (χ0v) is 16.9. The van der Waals surface area contributed by atoms with Crippen molar-refractivity contribution in [2.75, 3.05) is 4.90 Å². The number of halogens is 3. The lowest BCUT2D eigenvalue weighted by molar-refractivity contribution is 0.0926. The van der Waals surface area contributed by atoms with Crippen LogP contribution in [0, 0.1) is 12.7 Å². The van der Waals surface area contributed by atoms with Crippen LogP contribution in [-0.4, -0.2) is 26.6 Å². The number of carbonyl (C=O) groups excluding carboxylic acids is 2. The van der Waals surface area contributed by atoms with Gasteiger partial charge in [-0.2, -0.15) is 5.10 Å². The molecule has 0 aliphatic carbocycles. The average Bonchev–Trinajstić information content (AvgIpc) is 3.17. The molecule has 148 valence electrons. The van der Waals surface area contributed by atoms with Crippen molar-refractivity contribution in [3.8, 4) is 5.69 Å². The molecule has 1 aliphatic heterocycles. The lowest BCUT2D eigenvalue weighted by Crippen LogP contribution is -2.29. The molecule has 0 saturated carbocycles. The predicted octanol–water partition coefficient (Wildman–Crippen LogP) is 4.98. The Labute approximate surface area is 179 Å². The predicted molar refractivity (Wildman–Crippen MR) is 111 cm³/mol. The first-order chi connectivity index (χ1) is 14.4. The fraction of sp³-hybridized carbons (Fsp3) is 0.0476. The number of benzene rings is 2. The summed E-state index contributed by atoms with van der Waals surface area (Å²) < 4.78 is 15.8. The Hall–Kier alpha value is -3.29. The molecule has 5 rings (SSSR count). The van der Waals surface area contributed by atoms with E-state index in [9.17, 15) is 14.0 Å². The Morgan fingerprint density at radius 3 is 2.50 bits per heavy atom. The highest BCUT2D eigenvalue weighted by Gasteiger charge is 2.40. The van der Waals surface area contributed by atoms with E-state index in [2.05, 4.69) is 10.1 Å². The summed E-state index contributed by atoms with van der Waals surface area (Å²) in [5.41, 5.74) is 1.42. The van der Waals surface area contributed by atoms with Crippen molar-refractivity contribution in [1.82, 2.24) is 14.8 Å². The number of rotatable bonds is 2. The monoisotopic (exact) mass is 440 g/mol. The molecule has 2 amide bonds. The second-order valence-corrected chi connectivity index (χ2v) is 7.58. The van der Waals surface area contributed by atoms with E-state index in [1.54, 1.807) is 31.2 Å². The Balaban J connectivity index is 1.74. The molecule has 0 atom stereocenters. The minimum absolute atomic E-state index is 0.129. The molecule has 0 N–H and O–H groups in total. The first kappa shape index (κ1) is 18.7. The molecule has 3 heterocycles. The van der Waals surface area contributed by atoms with Crippen LogP contribution in [0.15, 0.2) is 48.7 Å². The second-order valence-electron chi connectivity index (χ2n) is 6.74. The maximum absolute atomic E-state index is 14.5. The summed E-state index contributed by atoms with van der Waals surface area (Å²) in [5.74, 6) is -1.65. The van der Waals surface area contributed by atoms with Gasteiger partial charge in [0.1, 0.15) is 11.5 Å². The average molecular weight is 441 g/mol. The van der Waals surface area contributed by atoms with Gasteiger partial charge in [-0.05, 0) is 37.3 Å². The number of para-hydroxylation sites is 1. The molecule has 0 spiro atoms. The van der Waals surface area contributed by atoms with E-state index in [-0.39, 0.29) is 38.2 Å². The van der Waals surface area contributed by atoms with Gasteiger partial charge < -0.3 is 0 Å². The number of pyridine rings is 1. The molecular weight excluding hydrogens is 430 g/mol. The highest BCUT2D eigenvalue weighted by molar-refractivity contribution is 6.41. The van der Waals surface area contributed by atoms with E-state index < -0.39 is 17.6 Å². The fourth-order valence-corrected chi connectivity index (χ4v) is 4.01. The van der Waals surface area contributed by atoms with Crippen LogP contribution in [0.1, 0.15) is 26.4 Å². The summed E-state index contributed by atoms with van der Waals surface area (Å²) in [6.07, 6.45) is 1.31. The Bertz CT molecular complexity index is 1400. The third kappa shape index (κ3) is 2.56. The first-order valence-corrected chi connectivity index (χ1v) is 9.61. The maximum Gasteiger partial charge on any atom is 0.267 e. The second kappa shape index (κ2) is 6.62. The molecule has 4 aromatic rings. The van der Waals surface area contributed by atoms with E-state index in [0.717, 1.165) is 4.90 Å². The van der Waals surface area contributed by atoms with Crippen molar-refractivity contribution < 1.29 is 14.0 Å². The zero-order chi connectivity index (χ0) is 21.2. The van der Waals surface area contributed by atoms with Gasteiger partial charge in [0.05, 0.1) is 32.9 Å². The van der Waals surface area contributed by atoms with Crippen LogP contribution in [0.5, 0.6) is 0 Å². The molecule has 2 aromatic carbocycles. The molecule has 2 aromatic heterocycles. The van der Waals surface area contributed by atoms with Crippen LogP contribution in [-0.2, 0) is 0 Å². The lowest BCUT2D eigenvalue weighted by Gasteiger charge is -2.15. The molecule has 1 aliphatic rings. The van der Waals surface area contributed by atoms with Gasteiger partial charge in [0.25, 0.3) is 11.8 Å². The highest BCUT2D eigenvalue weighted by Crippen LogP contribution is 2.37. The number of imide groups is 1. The summed E-state index contributed by atoms with van der Waals surface area (Å²) >= 11 is 12.1. The summed E-state index contributed by atoms with van der Waals surface area (Å²) in [7, 11) is 0. The van der Waals surface area contributed by atoms with Gasteiger partial charge in [0.15, 0.2) is 5.65 Å². The van der Waals surface area contributed by atoms with Gasteiger partial charge >= 0.3 is 0 Å². The number of amides is 2. The van der Waals surface area contributed by atoms with Crippen LogP contribution in [0.2, 0.25) is 10.0 Å². The van der Waals surface area contributed by atoms with Crippen molar-refractivity contribution in [3.05, 3.63) is 81.3 Å². The molecule has 0 fully saturated rings. The summed E-state index contributed by atoms with van der Waals surface area (Å²) in [5, 5.41) is 5.26. The lowest BCUT2D eigenvalue weighted by atomic mass is 10.1. The van der Waals surface area contributed by atoms with Gasteiger partial charge in [0.2, 0.25) is 0 Å². The van der Waals surface area contributed by atoms with Crippen molar-refractivity contribution in [2.45, 2.75) is 6.92 Å². The third-order valence-electron chi connectivity index (χ3n) is 4.95. The fourth-order valence-electron chi connectivity index (χ4n) is 3.63. The summed E-state index contributed by atoms with van der Waals surface area (Å²) in [4.78, 5) is 31.6. The topological polar surface area (TPSA) is 68.1 Å². The van der Waals surface area contributed by atoms with Gasteiger partial charge in [-0.1, -0.05) is 35.3 Å². The smallest absolute Gasteiger partial charge is 0.267 e. The standard InChI is InChI=1S/C21H11Cl2FN4O2/c1-10-17-18-12(20(29)27(21(18)30)15-5-3-2-4-13(15)23)9-25-19(17)28(26-10)16-7-6-11(22)8-14(16)24/h2-9H,1H3. The largest absolute Gasteiger partial charge is 0.268 e. The Kier molecular flexibility index (Phi) is 4.13. The quantitative estimate of drug-likeness (QED) is 0.412. The number of fused-ring (bicyclic) bond motifs is 3. The normalized spacial score (nSPS) is 13.4. The van der Waals surface area contributed by atoms with E-state index in [1.807, 2.05) is 0 Å². The molecule has 9 heteroatoms. The van der Waals surface area contributed by atoms with E-state index >= 15 is 0 Å². The van der Waals surface area contributed by atoms with Crippen molar-refractivity contribution in [2.24, 2.45) is 0 Å². The number of nitrogens with zero attached hydrogens (tertiary/aromatic N) is 4.